The zero-order chi connectivity index (χ0) is 8.10. The quantitative estimate of drug-likeness (QED) is 0.619. The molecule has 0 amide bonds. The lowest BCUT2D eigenvalue weighted by Gasteiger charge is -1.94. The average molecular weight is 144 g/mol. The summed E-state index contributed by atoms with van der Waals surface area (Å²) in [5.74, 6) is 0. The third kappa shape index (κ3) is 1.88. The lowest BCUT2D eigenvalue weighted by Crippen LogP contribution is -1.75. The molecular formula is C9H8N2. The summed E-state index contributed by atoms with van der Waals surface area (Å²) in [6, 6.07) is 11.5. The predicted octanol–water partition coefficient (Wildman–Crippen LogP) is 2.41. The van der Waals surface area contributed by atoms with Crippen molar-refractivity contribution in [1.82, 2.24) is 0 Å². The number of nitrogens with zero attached hydrogens (tertiary/aromatic N) is 1. The molecule has 0 fully saturated rings. The Morgan fingerprint density at radius 2 is 2.00 bits per heavy atom. The van der Waals surface area contributed by atoms with Crippen molar-refractivity contribution in [1.29, 1.82) is 5.41 Å². The SMILES string of the molecule is C=C(N=C=N)c1ccccc1. The molecule has 1 aromatic rings. The van der Waals surface area contributed by atoms with E-state index in [0.29, 0.717) is 5.70 Å². The summed E-state index contributed by atoms with van der Waals surface area (Å²) in [6.45, 7) is 3.67. The van der Waals surface area contributed by atoms with Gasteiger partial charge in [0, 0.05) is 5.56 Å². The van der Waals surface area contributed by atoms with Gasteiger partial charge in [0.1, 0.15) is 0 Å². The number of rotatable bonds is 2. The molecule has 54 valence electrons. The first-order valence-corrected chi connectivity index (χ1v) is 3.21. The number of hydrogen-bond acceptors (Lipinski definition) is 2. The van der Waals surface area contributed by atoms with Gasteiger partial charge in [-0.05, 0) is 0 Å². The Morgan fingerprint density at radius 3 is 2.55 bits per heavy atom. The van der Waals surface area contributed by atoms with Crippen LogP contribution in [-0.2, 0) is 0 Å². The minimum absolute atomic E-state index is 0.570. The Balaban J connectivity index is 2.94. The van der Waals surface area contributed by atoms with Crippen molar-refractivity contribution in [2.45, 2.75) is 0 Å². The van der Waals surface area contributed by atoms with Gasteiger partial charge in [-0.2, -0.15) is 4.99 Å². The van der Waals surface area contributed by atoms with Crippen LogP contribution in [0.15, 0.2) is 41.9 Å². The number of aliphatic imine (C=N–C) groups is 1. The van der Waals surface area contributed by atoms with Crippen LogP contribution < -0.4 is 0 Å². The van der Waals surface area contributed by atoms with Gasteiger partial charge in [0.25, 0.3) is 0 Å². The highest BCUT2D eigenvalue weighted by atomic mass is 14.7. The molecule has 0 aliphatic rings. The van der Waals surface area contributed by atoms with E-state index in [0.717, 1.165) is 5.56 Å². The lowest BCUT2D eigenvalue weighted by molar-refractivity contribution is 1.49. The molecule has 0 heterocycles. The van der Waals surface area contributed by atoms with Crippen molar-refractivity contribution in [2.75, 3.05) is 0 Å². The standard InChI is InChI=1S/C9H8N2/c1-8(11-7-10)9-5-3-2-4-6-9/h2-6,10H,1H2. The molecule has 2 nitrogen and oxygen atoms in total. The zero-order valence-electron chi connectivity index (χ0n) is 6.04. The second-order valence-corrected chi connectivity index (χ2v) is 2.04. The summed E-state index contributed by atoms with van der Waals surface area (Å²) < 4.78 is 0. The van der Waals surface area contributed by atoms with Crippen LogP contribution in [0, 0.1) is 5.41 Å². The number of benzene rings is 1. The highest BCUT2D eigenvalue weighted by molar-refractivity contribution is 5.67. The summed E-state index contributed by atoms with van der Waals surface area (Å²) >= 11 is 0. The van der Waals surface area contributed by atoms with E-state index >= 15 is 0 Å². The Kier molecular flexibility index (Phi) is 2.37. The Hall–Kier alpha value is -1.66. The maximum Gasteiger partial charge on any atom is 0.0918 e. The van der Waals surface area contributed by atoms with Crippen LogP contribution in [-0.4, -0.2) is 6.01 Å². The summed E-state index contributed by atoms with van der Waals surface area (Å²) in [4.78, 5) is 3.62. The maximum atomic E-state index is 6.60. The van der Waals surface area contributed by atoms with Gasteiger partial charge < -0.3 is 0 Å². The molecule has 0 spiro atoms. The van der Waals surface area contributed by atoms with Crippen molar-refractivity contribution in [3.05, 3.63) is 42.5 Å². The van der Waals surface area contributed by atoms with Gasteiger partial charge in [0.15, 0.2) is 0 Å². The van der Waals surface area contributed by atoms with E-state index in [9.17, 15) is 0 Å². The van der Waals surface area contributed by atoms with Gasteiger partial charge in [-0.25, -0.2) is 5.41 Å². The van der Waals surface area contributed by atoms with Gasteiger partial charge in [-0.1, -0.05) is 36.9 Å². The van der Waals surface area contributed by atoms with E-state index in [-0.39, 0.29) is 0 Å². The van der Waals surface area contributed by atoms with Crippen molar-refractivity contribution < 1.29 is 0 Å². The molecule has 0 bridgehead atoms. The van der Waals surface area contributed by atoms with Gasteiger partial charge in [-0.3, -0.25) is 0 Å². The first kappa shape index (κ1) is 7.45. The van der Waals surface area contributed by atoms with E-state index in [1.54, 1.807) is 0 Å². The fourth-order valence-corrected chi connectivity index (χ4v) is 0.763. The molecular weight excluding hydrogens is 136 g/mol. The first-order valence-electron chi connectivity index (χ1n) is 3.21. The van der Waals surface area contributed by atoms with Gasteiger partial charge in [0.05, 0.1) is 11.7 Å². The molecule has 0 aromatic heterocycles. The molecule has 0 saturated carbocycles. The van der Waals surface area contributed by atoms with Gasteiger partial charge >= 0.3 is 0 Å². The first-order chi connectivity index (χ1) is 5.34. The van der Waals surface area contributed by atoms with Crippen LogP contribution >= 0.6 is 0 Å². The highest BCUT2D eigenvalue weighted by Gasteiger charge is 1.91. The van der Waals surface area contributed by atoms with Crippen LogP contribution in [0.3, 0.4) is 0 Å². The topological polar surface area (TPSA) is 36.2 Å². The lowest BCUT2D eigenvalue weighted by atomic mass is 10.2. The molecule has 1 N–H and O–H groups in total. The smallest absolute Gasteiger partial charge is 0.0918 e. The largest absolute Gasteiger partial charge is 0.241 e. The van der Waals surface area contributed by atoms with Crippen LogP contribution in [0.25, 0.3) is 5.70 Å². The second-order valence-electron chi connectivity index (χ2n) is 2.04. The van der Waals surface area contributed by atoms with E-state index in [1.807, 2.05) is 36.3 Å². The normalized spacial score (nSPS) is 8.36. The van der Waals surface area contributed by atoms with Crippen molar-refractivity contribution in [3.63, 3.8) is 0 Å². The highest BCUT2D eigenvalue weighted by Crippen LogP contribution is 2.10. The Bertz CT molecular complexity index is 295. The molecule has 0 saturated heterocycles. The Morgan fingerprint density at radius 1 is 1.36 bits per heavy atom. The summed E-state index contributed by atoms with van der Waals surface area (Å²) in [7, 11) is 0. The molecule has 11 heavy (non-hydrogen) atoms. The predicted molar refractivity (Wildman–Crippen MR) is 45.6 cm³/mol. The van der Waals surface area contributed by atoms with E-state index in [2.05, 4.69) is 11.6 Å². The van der Waals surface area contributed by atoms with Crippen LogP contribution in [0.5, 0.6) is 0 Å². The minimum Gasteiger partial charge on any atom is -0.241 e. The van der Waals surface area contributed by atoms with Gasteiger partial charge in [-0.15, -0.1) is 0 Å². The summed E-state index contributed by atoms with van der Waals surface area (Å²) in [5, 5.41) is 6.60. The average Bonchev–Trinajstić information content (AvgIpc) is 2.07. The van der Waals surface area contributed by atoms with Crippen LogP contribution in [0.1, 0.15) is 5.56 Å². The fourth-order valence-electron chi connectivity index (χ4n) is 0.763. The Labute approximate surface area is 65.4 Å². The second kappa shape index (κ2) is 3.49. The summed E-state index contributed by atoms with van der Waals surface area (Å²) in [5.41, 5.74) is 1.49. The van der Waals surface area contributed by atoms with E-state index in [4.69, 9.17) is 5.41 Å². The molecule has 2 heteroatoms. The number of nitrogens with one attached hydrogen (secondary N) is 1. The molecule has 0 radical (unpaired) electrons. The minimum atomic E-state index is 0.570. The third-order valence-corrected chi connectivity index (χ3v) is 1.30. The molecule has 0 atom stereocenters. The van der Waals surface area contributed by atoms with Crippen LogP contribution in [0.4, 0.5) is 0 Å². The third-order valence-electron chi connectivity index (χ3n) is 1.30. The van der Waals surface area contributed by atoms with E-state index in [1.165, 1.54) is 0 Å². The molecule has 0 aliphatic carbocycles. The van der Waals surface area contributed by atoms with Crippen molar-refractivity contribution in [2.24, 2.45) is 4.99 Å². The molecule has 0 unspecified atom stereocenters. The van der Waals surface area contributed by atoms with E-state index < -0.39 is 0 Å². The van der Waals surface area contributed by atoms with Crippen molar-refractivity contribution in [3.8, 4) is 0 Å². The van der Waals surface area contributed by atoms with Crippen molar-refractivity contribution >= 4 is 11.7 Å². The van der Waals surface area contributed by atoms with Gasteiger partial charge in [0.2, 0.25) is 0 Å². The zero-order valence-corrected chi connectivity index (χ0v) is 6.04. The number of hydrogen-bond donors (Lipinski definition) is 1. The van der Waals surface area contributed by atoms with Crippen LogP contribution in [0.2, 0.25) is 0 Å². The molecule has 1 rings (SSSR count). The maximum absolute atomic E-state index is 6.60. The molecule has 0 aliphatic heterocycles. The molecule has 1 aromatic carbocycles. The monoisotopic (exact) mass is 144 g/mol. The fraction of sp³-hybridized carbons (Fsp3) is 0. The summed E-state index contributed by atoms with van der Waals surface area (Å²) in [6.07, 6.45) is 0.